The number of halogens is 4. The summed E-state index contributed by atoms with van der Waals surface area (Å²) in [6.07, 6.45) is 9.51. The molecule has 6 heterocycles. The highest BCUT2D eigenvalue weighted by Gasteiger charge is 2.31. The minimum atomic E-state index is -0.454. The van der Waals surface area contributed by atoms with Crippen LogP contribution in [0.4, 0.5) is 29.2 Å². The van der Waals surface area contributed by atoms with Gasteiger partial charge in [-0.1, -0.05) is 0 Å². The first-order chi connectivity index (χ1) is 23.3. The number of anilines is 2. The molecule has 0 unspecified atom stereocenters. The van der Waals surface area contributed by atoms with Crippen molar-refractivity contribution in [2.45, 2.75) is 37.8 Å². The van der Waals surface area contributed by atoms with Gasteiger partial charge in [0.05, 0.1) is 24.5 Å². The van der Waals surface area contributed by atoms with Crippen molar-refractivity contribution in [1.29, 1.82) is 10.5 Å². The van der Waals surface area contributed by atoms with Crippen LogP contribution in [0.5, 0.6) is 0 Å². The van der Waals surface area contributed by atoms with E-state index in [4.69, 9.17) is 10.5 Å². The minimum absolute atomic E-state index is 0.274. The molecule has 2 aliphatic heterocycles. The third-order valence-corrected chi connectivity index (χ3v) is 8.68. The first kappa shape index (κ1) is 30.6. The van der Waals surface area contributed by atoms with Crippen LogP contribution >= 0.6 is 0 Å². The third kappa shape index (κ3) is 5.62. The van der Waals surface area contributed by atoms with Crippen LogP contribution < -0.4 is 9.80 Å². The van der Waals surface area contributed by atoms with Gasteiger partial charge in [0.2, 0.25) is 0 Å². The lowest BCUT2D eigenvalue weighted by molar-refractivity contribution is 0.560. The monoisotopic (exact) mass is 650 g/mol. The molecule has 2 saturated heterocycles. The van der Waals surface area contributed by atoms with Gasteiger partial charge in [-0.25, -0.2) is 36.6 Å². The van der Waals surface area contributed by atoms with Gasteiger partial charge in [-0.2, -0.15) is 20.7 Å². The molecule has 2 atom stereocenters. The molecule has 0 spiro atoms. The quantitative estimate of drug-likeness (QED) is 0.200. The molecule has 0 amide bonds. The number of hydrogen-bond acceptors (Lipinski definition) is 8. The van der Waals surface area contributed by atoms with E-state index >= 15 is 0 Å². The van der Waals surface area contributed by atoms with E-state index < -0.39 is 23.3 Å². The Balaban J connectivity index is 0.000000152. The smallest absolute Gasteiger partial charge is 0.175 e. The summed E-state index contributed by atoms with van der Waals surface area (Å²) in [5, 5.41) is 26.4. The van der Waals surface area contributed by atoms with Crippen molar-refractivity contribution in [2.75, 3.05) is 22.9 Å². The zero-order chi connectivity index (χ0) is 33.4. The minimum Gasteiger partial charge on any atom is -0.349 e. The molecule has 0 N–H and O–H groups in total. The van der Waals surface area contributed by atoms with Crippen molar-refractivity contribution < 1.29 is 17.6 Å². The predicted molar refractivity (Wildman–Crippen MR) is 167 cm³/mol. The average Bonchev–Trinajstić information content (AvgIpc) is 3.92. The fourth-order valence-electron chi connectivity index (χ4n) is 6.46. The van der Waals surface area contributed by atoms with Crippen LogP contribution in [0.1, 0.15) is 60.0 Å². The van der Waals surface area contributed by atoms with Crippen LogP contribution in [0.15, 0.2) is 73.3 Å². The van der Waals surface area contributed by atoms with Crippen molar-refractivity contribution in [1.82, 2.24) is 29.2 Å². The molecule has 10 nitrogen and oxygen atoms in total. The van der Waals surface area contributed by atoms with Gasteiger partial charge in [0, 0.05) is 36.6 Å². The molecular formula is C34H26F4N10. The van der Waals surface area contributed by atoms with Crippen LogP contribution in [-0.2, 0) is 0 Å². The highest BCUT2D eigenvalue weighted by atomic mass is 19.1. The molecule has 0 aliphatic carbocycles. The molecule has 240 valence electrons. The Morgan fingerprint density at radius 2 is 1.06 bits per heavy atom. The number of aromatic nitrogens is 6. The van der Waals surface area contributed by atoms with Gasteiger partial charge in [0.1, 0.15) is 58.2 Å². The SMILES string of the molecule is N#Cc1cnn2ccc(N3CCC[C@@H]3c3cc(F)ccc3F)nc12.N#Cc1cnn2ccc(N3CCC[C@@H]3c3cc(F)ccc3F)nc12. The molecule has 0 saturated carbocycles. The van der Waals surface area contributed by atoms with Crippen LogP contribution in [0.2, 0.25) is 0 Å². The van der Waals surface area contributed by atoms with E-state index in [9.17, 15) is 17.6 Å². The maximum Gasteiger partial charge on any atom is 0.175 e. The molecular weight excluding hydrogens is 624 g/mol. The zero-order valence-electron chi connectivity index (χ0n) is 25.3. The fraction of sp³-hybridized carbons (Fsp3) is 0.235. The topological polar surface area (TPSA) is 114 Å². The van der Waals surface area contributed by atoms with Gasteiger partial charge in [-0.3, -0.25) is 0 Å². The van der Waals surface area contributed by atoms with E-state index in [2.05, 4.69) is 32.3 Å². The Morgan fingerprint density at radius 3 is 1.48 bits per heavy atom. The van der Waals surface area contributed by atoms with Crippen molar-refractivity contribution in [3.8, 4) is 12.1 Å². The first-order valence-corrected chi connectivity index (χ1v) is 15.3. The number of nitriles is 2. The van der Waals surface area contributed by atoms with Crippen LogP contribution in [0.3, 0.4) is 0 Å². The summed E-state index contributed by atoms with van der Waals surface area (Å²) in [7, 11) is 0. The molecule has 6 aromatic rings. The second-order valence-electron chi connectivity index (χ2n) is 11.5. The van der Waals surface area contributed by atoms with Gasteiger partial charge < -0.3 is 9.80 Å². The van der Waals surface area contributed by atoms with Gasteiger partial charge in [0.15, 0.2) is 11.3 Å². The summed E-state index contributed by atoms with van der Waals surface area (Å²) in [4.78, 5) is 12.9. The van der Waals surface area contributed by atoms with Crippen LogP contribution in [-0.4, -0.2) is 42.3 Å². The zero-order valence-corrected chi connectivity index (χ0v) is 25.3. The Hall–Kier alpha value is -6.02. The predicted octanol–water partition coefficient (Wildman–Crippen LogP) is 6.44. The Bertz CT molecular complexity index is 2080. The molecule has 0 radical (unpaired) electrons. The maximum absolute atomic E-state index is 14.2. The summed E-state index contributed by atoms with van der Waals surface area (Å²) in [5.74, 6) is -0.488. The number of rotatable bonds is 4. The summed E-state index contributed by atoms with van der Waals surface area (Å²) < 4.78 is 58.5. The molecule has 8 rings (SSSR count). The van der Waals surface area contributed by atoms with Crippen LogP contribution in [0, 0.1) is 45.9 Å². The summed E-state index contributed by atoms with van der Waals surface area (Å²) >= 11 is 0. The van der Waals surface area contributed by atoms with E-state index in [1.165, 1.54) is 33.6 Å². The lowest BCUT2D eigenvalue weighted by atomic mass is 10.0. The standard InChI is InChI=1S/2C17H13F2N5/c2*18-12-3-4-14(19)13(8-12)15-2-1-6-23(15)16-5-7-24-17(22-16)11(9-20)10-21-24/h2*3-5,7-8,10,15H,1-2,6H2/t2*15-/m11/s1. The summed E-state index contributed by atoms with van der Waals surface area (Å²) in [6.45, 7) is 1.39. The second-order valence-corrected chi connectivity index (χ2v) is 11.5. The van der Waals surface area contributed by atoms with Gasteiger partial charge in [-0.05, 0) is 74.2 Å². The van der Waals surface area contributed by atoms with E-state index in [1.54, 1.807) is 24.5 Å². The normalized spacial score (nSPS) is 17.4. The van der Waals surface area contributed by atoms with E-state index in [1.807, 2.05) is 9.80 Å². The molecule has 0 bridgehead atoms. The third-order valence-electron chi connectivity index (χ3n) is 8.68. The van der Waals surface area contributed by atoms with E-state index in [-0.39, 0.29) is 12.1 Å². The van der Waals surface area contributed by atoms with Crippen LogP contribution in [0.25, 0.3) is 11.3 Å². The van der Waals surface area contributed by atoms with Gasteiger partial charge in [-0.15, -0.1) is 0 Å². The lowest BCUT2D eigenvalue weighted by Crippen LogP contribution is -2.24. The summed E-state index contributed by atoms with van der Waals surface area (Å²) in [5.41, 5.74) is 2.35. The molecule has 48 heavy (non-hydrogen) atoms. The Labute approximate surface area is 271 Å². The van der Waals surface area contributed by atoms with Crippen molar-refractivity contribution in [3.05, 3.63) is 119 Å². The number of fused-ring (bicyclic) bond motifs is 2. The highest BCUT2D eigenvalue weighted by Crippen LogP contribution is 2.38. The fourth-order valence-corrected chi connectivity index (χ4v) is 6.46. The lowest BCUT2D eigenvalue weighted by Gasteiger charge is -2.26. The Morgan fingerprint density at radius 1 is 0.625 bits per heavy atom. The molecule has 2 fully saturated rings. The average molecular weight is 651 g/mol. The molecule has 4 aromatic heterocycles. The molecule has 2 aromatic carbocycles. The first-order valence-electron chi connectivity index (χ1n) is 15.3. The second kappa shape index (κ2) is 12.6. The maximum atomic E-state index is 14.2. The number of benzene rings is 2. The Kier molecular flexibility index (Phi) is 8.07. The number of nitrogens with zero attached hydrogens (tertiary/aromatic N) is 10. The van der Waals surface area contributed by atoms with Crippen molar-refractivity contribution >= 4 is 22.9 Å². The summed E-state index contributed by atoms with van der Waals surface area (Å²) in [6, 6.07) is 14.1. The van der Waals surface area contributed by atoms with Gasteiger partial charge >= 0.3 is 0 Å². The highest BCUT2D eigenvalue weighted by molar-refractivity contribution is 5.59. The van der Waals surface area contributed by atoms with Crippen molar-refractivity contribution in [3.63, 3.8) is 0 Å². The van der Waals surface area contributed by atoms with E-state index in [0.717, 1.165) is 49.9 Å². The van der Waals surface area contributed by atoms with E-state index in [0.29, 0.717) is 58.3 Å². The number of hydrogen-bond donors (Lipinski definition) is 0. The molecule has 14 heteroatoms. The van der Waals surface area contributed by atoms with Crippen molar-refractivity contribution in [2.24, 2.45) is 0 Å². The van der Waals surface area contributed by atoms with Gasteiger partial charge in [0.25, 0.3) is 0 Å². The largest absolute Gasteiger partial charge is 0.349 e. The molecule has 2 aliphatic rings.